The molecule has 7 rings (SSSR count). The predicted molar refractivity (Wildman–Crippen MR) is 336 cm³/mol. The molecule has 4 heterocycles. The summed E-state index contributed by atoms with van der Waals surface area (Å²) in [4.78, 5) is 62.2. The number of ether oxygens (including phenoxy) is 9. The number of halogens is 1. The van der Waals surface area contributed by atoms with Crippen molar-refractivity contribution in [2.24, 2.45) is 17.8 Å². The number of Topliss-reactive ketones (excluding diaryl/α,β-unsaturated/α-hetero) is 1. The fraction of sp³-hybridized carbons (Fsp3) is 0.667. The Morgan fingerprint density at radius 1 is 0.898 bits per heavy atom. The first kappa shape index (κ1) is 73.5. The molecule has 0 radical (unpaired) electrons. The van der Waals surface area contributed by atoms with Crippen LogP contribution in [0.2, 0.25) is 0 Å². The number of nitrogens with zero attached hydrogens (tertiary/aromatic N) is 1. The van der Waals surface area contributed by atoms with E-state index in [4.69, 9.17) is 47.5 Å². The summed E-state index contributed by atoms with van der Waals surface area (Å²) in [5.41, 5.74) is -0.0808. The topological polar surface area (TPSA) is 317 Å². The van der Waals surface area contributed by atoms with E-state index in [0.717, 1.165) is 20.6 Å². The van der Waals surface area contributed by atoms with Crippen LogP contribution >= 0.6 is 34.4 Å². The lowest BCUT2D eigenvalue weighted by atomic mass is 9.69. The molecular weight excluding hydrogens is 1340 g/mol. The van der Waals surface area contributed by atoms with Crippen LogP contribution in [0.5, 0.6) is 17.2 Å². The summed E-state index contributed by atoms with van der Waals surface area (Å²) in [7, 11) is 4.80. The molecule has 0 aromatic heterocycles. The van der Waals surface area contributed by atoms with Crippen LogP contribution in [0, 0.1) is 51.9 Å². The Bertz CT molecular complexity index is 2950. The zero-order chi connectivity index (χ0) is 65.1. The Morgan fingerprint density at radius 3 is 2.15 bits per heavy atom. The van der Waals surface area contributed by atoms with Gasteiger partial charge in [0.25, 0.3) is 0 Å². The first-order valence-corrected chi connectivity index (χ1v) is 33.5. The van der Waals surface area contributed by atoms with E-state index in [9.17, 15) is 54.9 Å². The molecule has 1 aromatic rings. The lowest BCUT2D eigenvalue weighted by Gasteiger charge is -2.49. The fourth-order valence-electron chi connectivity index (χ4n) is 12.2. The van der Waals surface area contributed by atoms with E-state index >= 15 is 0 Å². The van der Waals surface area contributed by atoms with Crippen molar-refractivity contribution in [3.05, 3.63) is 49.6 Å². The van der Waals surface area contributed by atoms with Crippen molar-refractivity contribution >= 4 is 88.4 Å². The number of carbonyl (C=O) groups excluding carboxylic acids is 4. The number of ketones is 1. The number of nitrogens with one attached hydrogen (secondary N) is 1. The maximum atomic E-state index is 14.4. The molecule has 1 amide bonds. The molecule has 8 N–H and O–H groups in total. The second kappa shape index (κ2) is 32.8. The van der Waals surface area contributed by atoms with Crippen LogP contribution in [0.1, 0.15) is 103 Å². The molecule has 88 heavy (non-hydrogen) atoms. The Balaban J connectivity index is 0.00000403. The molecule has 0 spiro atoms. The second-order valence-electron chi connectivity index (χ2n) is 22.4. The minimum atomic E-state index is -2.01. The number of likely N-dealkylation sites (N-methyl/N-ethyl adjacent to an activating group) is 1. The molecule has 4 fully saturated rings. The highest BCUT2D eigenvalue weighted by Gasteiger charge is 2.54. The van der Waals surface area contributed by atoms with Crippen LogP contribution in [0.4, 0.5) is 0 Å². The van der Waals surface area contributed by atoms with Gasteiger partial charge >= 0.3 is 5.97 Å². The number of esters is 1. The standard InChI is InChI=1S/C60H81IN2O21S.S3/c1-12-18-39-46-36(23-43(69)75-9)42(68)25-60(39,74)20-17-15-14-16-19-59(46,8)83-57-37(22-35-21-34(26-64)40(28-78-35)63(13-2)33(7)66)50(71)48(30(4)80-57)62-84-44-24-41(67)55(32(6)79-44)85-56(73)45-29(3)47(61)53(54(77-11)52(45)76-10)82-58-51(72)38(27-65)49(70)31(5)81-58;1-3-2/h14-15,18,30-32,34-35,37-38,40-41,44,48-51,55,57-58,62,64-65,67,70-72,74H,12-13,21-28H2,1-11H3;/b15-14-,39-18+;/t30?,31?,32?,34?,35?,37?,38?,40?,41?,44?,48?,49?,50?,51?,55?,57?,58?,59-,60+;/m0./s1. The molecule has 0 saturated carbocycles. The largest absolute Gasteiger partial charge is 0.492 e. The number of hydrogen-bond acceptors (Lipinski definition) is 25. The maximum absolute atomic E-state index is 14.4. The van der Waals surface area contributed by atoms with E-state index in [1.54, 1.807) is 45.6 Å². The van der Waals surface area contributed by atoms with Gasteiger partial charge in [0.05, 0.1) is 117 Å². The number of benzene rings is 1. The van der Waals surface area contributed by atoms with Gasteiger partial charge in [0.15, 0.2) is 41.1 Å². The van der Waals surface area contributed by atoms with Gasteiger partial charge in [0, 0.05) is 86.7 Å². The number of aliphatic hydroxyl groups excluding tert-OH is 6. The molecule has 488 valence electrons. The number of allylic oxidation sites excluding steroid dienone is 3. The molecule has 1 aromatic carbocycles. The van der Waals surface area contributed by atoms with Gasteiger partial charge in [-0.25, -0.2) is 0 Å². The Morgan fingerprint density at radius 2 is 1.56 bits per heavy atom. The van der Waals surface area contributed by atoms with Crippen molar-refractivity contribution in [2.75, 3.05) is 47.7 Å². The molecule has 6 aliphatic rings. The number of hydroxylamine groups is 1. The molecule has 4 aliphatic heterocycles. The molecule has 2 bridgehead atoms. The predicted octanol–water partition coefficient (Wildman–Crippen LogP) is 2.69. The van der Waals surface area contributed by atoms with E-state index in [0.29, 0.717) is 22.1 Å². The summed E-state index contributed by atoms with van der Waals surface area (Å²) in [5, 5.41) is 77.6. The SMILES string of the molecule is CC/C=C1\C2=C(CC(=O)OC)C(=O)C[C@]1(O)C#C/C=C\C#C[C@]2(C)OC1OC(C)C(NOC2CC(O)C(SC(=O)c3c(C)c(I)c(OC4OC(C)C(O)C(CO)C4O)c(OC)c3OC)C(C)O2)C(O)C1CC1CC(CO)C(N(CC)C(C)=O)CO1.S=S=S. The zero-order valence-electron chi connectivity index (χ0n) is 50.9. The van der Waals surface area contributed by atoms with Gasteiger partial charge in [-0.3, -0.25) is 24.0 Å². The summed E-state index contributed by atoms with van der Waals surface area (Å²) >= 11 is 11.0. The van der Waals surface area contributed by atoms with Crippen molar-refractivity contribution in [1.82, 2.24) is 10.4 Å². The van der Waals surface area contributed by atoms with Crippen LogP contribution in [0.3, 0.4) is 0 Å². The van der Waals surface area contributed by atoms with E-state index in [1.807, 2.05) is 36.4 Å². The Hall–Kier alpha value is -3.58. The van der Waals surface area contributed by atoms with Crippen molar-refractivity contribution < 1.29 is 102 Å². The van der Waals surface area contributed by atoms with Gasteiger partial charge < -0.3 is 83.3 Å². The minimum Gasteiger partial charge on any atom is -0.492 e. The molecule has 4 saturated heterocycles. The summed E-state index contributed by atoms with van der Waals surface area (Å²) in [6.45, 7) is 13.0. The van der Waals surface area contributed by atoms with E-state index < -0.39 is 150 Å². The Labute approximate surface area is 543 Å². The summed E-state index contributed by atoms with van der Waals surface area (Å²) in [5.74, 6) is 7.93. The summed E-state index contributed by atoms with van der Waals surface area (Å²) in [6, 6.07) is -1.46. The smallest absolute Gasteiger partial charge is 0.310 e. The highest BCUT2D eigenvalue weighted by atomic mass is 127. The van der Waals surface area contributed by atoms with Crippen molar-refractivity contribution in [3.8, 4) is 40.9 Å². The number of fused-ring (bicyclic) bond motifs is 2. The van der Waals surface area contributed by atoms with Crippen LogP contribution in [-0.4, -0.2) is 207 Å². The van der Waals surface area contributed by atoms with Crippen LogP contribution < -0.4 is 19.7 Å². The molecule has 2 aliphatic carbocycles. The summed E-state index contributed by atoms with van der Waals surface area (Å²) in [6.07, 6.45) is -7.95. The summed E-state index contributed by atoms with van der Waals surface area (Å²) < 4.78 is 55.4. The fourth-order valence-corrected chi connectivity index (χ4v) is 14.0. The molecule has 23 nitrogen and oxygen atoms in total. The van der Waals surface area contributed by atoms with Crippen molar-refractivity contribution in [3.63, 3.8) is 0 Å². The van der Waals surface area contributed by atoms with Gasteiger partial charge in [-0.15, -0.1) is 0 Å². The van der Waals surface area contributed by atoms with E-state index in [2.05, 4.69) is 51.5 Å². The third-order valence-corrected chi connectivity index (χ3v) is 19.4. The third kappa shape index (κ3) is 16.4. The van der Waals surface area contributed by atoms with Crippen LogP contribution in [0.25, 0.3) is 0 Å². The van der Waals surface area contributed by atoms with E-state index in [-0.39, 0.29) is 77.9 Å². The highest BCUT2D eigenvalue weighted by Crippen LogP contribution is 2.50. The third-order valence-electron chi connectivity index (χ3n) is 16.7. The van der Waals surface area contributed by atoms with Crippen LogP contribution in [0.15, 0.2) is 34.9 Å². The van der Waals surface area contributed by atoms with Gasteiger partial charge in [0.2, 0.25) is 23.1 Å². The average molecular weight is 1420 g/mol. The minimum absolute atomic E-state index is 0.00513. The number of carbonyl (C=O) groups is 4. The van der Waals surface area contributed by atoms with Crippen molar-refractivity contribution in [1.29, 1.82) is 0 Å². The number of rotatable bonds is 20. The quantitative estimate of drug-likeness (QED) is 0.0403. The number of amides is 1. The van der Waals surface area contributed by atoms with Gasteiger partial charge in [-0.2, -0.15) is 5.48 Å². The number of thioether (sulfide) groups is 1. The first-order chi connectivity index (χ1) is 41.8. The normalized spacial score (nSPS) is 35.4. The molecule has 19 atom stereocenters. The molecule has 28 heteroatoms. The van der Waals surface area contributed by atoms with Crippen molar-refractivity contribution in [2.45, 2.75) is 190 Å². The second-order valence-corrected chi connectivity index (χ2v) is 26.4. The van der Waals surface area contributed by atoms with Crippen LogP contribution in [-0.2, 0) is 78.9 Å². The van der Waals surface area contributed by atoms with E-state index in [1.165, 1.54) is 40.4 Å². The first-order valence-electron chi connectivity index (χ1n) is 28.9. The van der Waals surface area contributed by atoms with Gasteiger partial charge in [0.1, 0.15) is 6.10 Å². The monoisotopic (exact) mass is 1420 g/mol. The van der Waals surface area contributed by atoms with Gasteiger partial charge in [-0.1, -0.05) is 48.4 Å². The molecular formula is C60H81IN2O21S4. The lowest BCUT2D eigenvalue weighted by molar-refractivity contribution is -0.301. The average Bonchev–Trinajstić information content (AvgIpc) is 0.874. The zero-order valence-corrected chi connectivity index (χ0v) is 56.3. The van der Waals surface area contributed by atoms with Gasteiger partial charge in [-0.05, 0) is 107 Å². The number of aliphatic hydroxyl groups is 7. The molecule has 17 unspecified atom stereocenters. The number of hydrogen-bond donors (Lipinski definition) is 8. The highest BCUT2D eigenvalue weighted by molar-refractivity contribution is 14.1. The Kier molecular flexibility index (Phi) is 27.4. The maximum Gasteiger partial charge on any atom is 0.310 e. The number of methoxy groups -OCH3 is 3. The lowest BCUT2D eigenvalue weighted by Crippen LogP contribution is -2.62.